The number of hydrogen-bond donors (Lipinski definition) is 2. The van der Waals surface area contributed by atoms with Crippen LogP contribution < -0.4 is 4.74 Å². The van der Waals surface area contributed by atoms with Crippen molar-refractivity contribution >= 4 is 0 Å². The molecule has 0 spiro atoms. The van der Waals surface area contributed by atoms with Gasteiger partial charge in [0.05, 0.1) is 12.3 Å². The minimum atomic E-state index is 0.510. The second-order valence-electron chi connectivity index (χ2n) is 5.88. The predicted molar refractivity (Wildman–Crippen MR) is 77.1 cm³/mol. The molecule has 22 heavy (non-hydrogen) atoms. The number of ether oxygens (including phenoxy) is 1. The van der Waals surface area contributed by atoms with E-state index in [0.29, 0.717) is 23.6 Å². The topological polar surface area (TPSA) is 92.4 Å². The molecule has 0 radical (unpaired) electrons. The van der Waals surface area contributed by atoms with E-state index in [-0.39, 0.29) is 0 Å². The average Bonchev–Trinajstić information content (AvgIpc) is 3.02. The summed E-state index contributed by atoms with van der Waals surface area (Å²) in [7, 11) is 0. The number of benzene rings is 1. The highest BCUT2D eigenvalue weighted by atomic mass is 16.5. The average molecular weight is 294 g/mol. The van der Waals surface area contributed by atoms with Crippen LogP contribution in [0.25, 0.3) is 11.5 Å². The van der Waals surface area contributed by atoms with Crippen molar-refractivity contribution in [2.24, 2.45) is 11.8 Å². The Morgan fingerprint density at radius 3 is 2.91 bits per heavy atom. The Morgan fingerprint density at radius 1 is 1.18 bits per heavy atom. The zero-order chi connectivity index (χ0) is 14.5. The molecule has 1 saturated carbocycles. The zero-order valence-electron chi connectivity index (χ0n) is 11.7. The fourth-order valence-corrected chi connectivity index (χ4v) is 3.62. The molecule has 2 N–H and O–H groups in total. The molecule has 7 heteroatoms. The van der Waals surface area contributed by atoms with E-state index < -0.39 is 0 Å². The fraction of sp³-hybridized carbons (Fsp3) is 0.333. The van der Waals surface area contributed by atoms with Crippen LogP contribution in [-0.4, -0.2) is 37.4 Å². The van der Waals surface area contributed by atoms with Gasteiger partial charge >= 0.3 is 0 Å². The SMILES string of the molecule is c1ccc(OCC2C3Cc4c(n[nH]c4-c4nn[nH]n4)C23)cc1. The van der Waals surface area contributed by atoms with Gasteiger partial charge in [-0.2, -0.15) is 10.3 Å². The van der Waals surface area contributed by atoms with Gasteiger partial charge in [0, 0.05) is 17.4 Å². The van der Waals surface area contributed by atoms with Gasteiger partial charge in [0.1, 0.15) is 11.4 Å². The van der Waals surface area contributed by atoms with E-state index in [2.05, 4.69) is 30.8 Å². The van der Waals surface area contributed by atoms with Crippen LogP contribution in [-0.2, 0) is 6.42 Å². The molecular weight excluding hydrogens is 280 g/mol. The first kappa shape index (κ1) is 11.9. The van der Waals surface area contributed by atoms with Gasteiger partial charge in [-0.15, -0.1) is 10.2 Å². The third kappa shape index (κ3) is 1.68. The molecule has 5 rings (SSSR count). The number of fused-ring (bicyclic) bond motifs is 3. The van der Waals surface area contributed by atoms with Gasteiger partial charge in [0.15, 0.2) is 0 Å². The van der Waals surface area contributed by atoms with Gasteiger partial charge < -0.3 is 4.74 Å². The molecular formula is C15H14N6O. The lowest BCUT2D eigenvalue weighted by Crippen LogP contribution is -2.05. The number of hydrogen-bond acceptors (Lipinski definition) is 5. The molecule has 1 fully saturated rings. The highest BCUT2D eigenvalue weighted by Gasteiger charge is 2.58. The maximum absolute atomic E-state index is 5.88. The molecule has 2 aromatic heterocycles. The lowest BCUT2D eigenvalue weighted by atomic mass is 10.1. The number of tetrazole rings is 1. The number of H-pyrrole nitrogens is 2. The highest BCUT2D eigenvalue weighted by molar-refractivity contribution is 5.59. The van der Waals surface area contributed by atoms with Crippen LogP contribution in [0.4, 0.5) is 0 Å². The van der Waals surface area contributed by atoms with Crippen molar-refractivity contribution < 1.29 is 4.74 Å². The van der Waals surface area contributed by atoms with E-state index in [4.69, 9.17) is 4.74 Å². The van der Waals surface area contributed by atoms with E-state index in [0.717, 1.165) is 30.2 Å². The number of rotatable bonds is 4. The molecule has 3 atom stereocenters. The van der Waals surface area contributed by atoms with Gasteiger partial charge in [0.25, 0.3) is 0 Å². The number of nitrogens with one attached hydrogen (secondary N) is 2. The molecule has 0 amide bonds. The summed E-state index contributed by atoms with van der Waals surface area (Å²) in [5.41, 5.74) is 3.30. The van der Waals surface area contributed by atoms with Crippen LogP contribution in [0.3, 0.4) is 0 Å². The summed E-state index contributed by atoms with van der Waals surface area (Å²) in [6.07, 6.45) is 1.02. The van der Waals surface area contributed by atoms with Crippen LogP contribution in [0.15, 0.2) is 30.3 Å². The Hall–Kier alpha value is -2.70. The van der Waals surface area contributed by atoms with Gasteiger partial charge in [-0.3, -0.25) is 5.10 Å². The molecule has 2 aliphatic carbocycles. The van der Waals surface area contributed by atoms with Crippen molar-refractivity contribution in [1.82, 2.24) is 30.8 Å². The first-order valence-corrected chi connectivity index (χ1v) is 7.40. The maximum atomic E-state index is 5.88. The third-order valence-corrected chi connectivity index (χ3v) is 4.74. The zero-order valence-corrected chi connectivity index (χ0v) is 11.7. The largest absolute Gasteiger partial charge is 0.493 e. The van der Waals surface area contributed by atoms with Crippen LogP contribution >= 0.6 is 0 Å². The standard InChI is InChI=1S/C15H14N6O/c1-2-4-8(5-3-1)22-7-11-9-6-10-13(12(9)11)16-17-14(10)15-18-20-21-19-15/h1-5,9,11-12H,6-7H2,(H,16,17)(H,18,19,20,21). The summed E-state index contributed by atoms with van der Waals surface area (Å²) in [5.74, 6) is 3.24. The normalized spacial score (nSPS) is 24.8. The Morgan fingerprint density at radius 2 is 2.09 bits per heavy atom. The van der Waals surface area contributed by atoms with E-state index in [1.165, 1.54) is 5.56 Å². The van der Waals surface area contributed by atoms with E-state index in [1.54, 1.807) is 0 Å². The number of aromatic nitrogens is 6. The molecule has 3 unspecified atom stereocenters. The molecule has 7 nitrogen and oxygen atoms in total. The smallest absolute Gasteiger partial charge is 0.222 e. The molecule has 0 bridgehead atoms. The summed E-state index contributed by atoms with van der Waals surface area (Å²) >= 11 is 0. The quantitative estimate of drug-likeness (QED) is 0.761. The van der Waals surface area contributed by atoms with Crippen LogP contribution in [0, 0.1) is 11.8 Å². The first-order chi connectivity index (χ1) is 10.9. The van der Waals surface area contributed by atoms with Gasteiger partial charge in [-0.05, 0) is 29.7 Å². The van der Waals surface area contributed by atoms with Crippen molar-refractivity contribution in [3.63, 3.8) is 0 Å². The van der Waals surface area contributed by atoms with Crippen molar-refractivity contribution in [2.75, 3.05) is 6.61 Å². The van der Waals surface area contributed by atoms with Crippen LogP contribution in [0.1, 0.15) is 17.2 Å². The van der Waals surface area contributed by atoms with Crippen molar-refractivity contribution in [3.05, 3.63) is 41.6 Å². The Labute approximate surface area is 126 Å². The molecule has 2 heterocycles. The minimum absolute atomic E-state index is 0.510. The number of aromatic amines is 2. The molecule has 1 aromatic carbocycles. The number of para-hydroxylation sites is 1. The summed E-state index contributed by atoms with van der Waals surface area (Å²) < 4.78 is 5.88. The Bertz CT molecular complexity index is 797. The van der Waals surface area contributed by atoms with Crippen LogP contribution in [0.5, 0.6) is 5.75 Å². The summed E-state index contributed by atoms with van der Waals surface area (Å²) in [5, 5.41) is 21.7. The molecule has 0 saturated heterocycles. The summed E-state index contributed by atoms with van der Waals surface area (Å²) in [6.45, 7) is 0.753. The monoisotopic (exact) mass is 294 g/mol. The highest BCUT2D eigenvalue weighted by Crippen LogP contribution is 2.61. The van der Waals surface area contributed by atoms with E-state index >= 15 is 0 Å². The van der Waals surface area contributed by atoms with Gasteiger partial charge in [-0.1, -0.05) is 18.2 Å². The number of nitrogens with zero attached hydrogens (tertiary/aromatic N) is 4. The van der Waals surface area contributed by atoms with Crippen LogP contribution in [0.2, 0.25) is 0 Å². The predicted octanol–water partition coefficient (Wildman–Crippen LogP) is 1.55. The fourth-order valence-electron chi connectivity index (χ4n) is 3.62. The Kier molecular flexibility index (Phi) is 2.38. The molecule has 0 aliphatic heterocycles. The van der Waals surface area contributed by atoms with E-state index in [1.807, 2.05) is 30.3 Å². The molecule has 110 valence electrons. The van der Waals surface area contributed by atoms with Gasteiger partial charge in [0.2, 0.25) is 5.82 Å². The van der Waals surface area contributed by atoms with Crippen molar-refractivity contribution in [3.8, 4) is 17.3 Å². The maximum Gasteiger partial charge on any atom is 0.222 e. The lowest BCUT2D eigenvalue weighted by molar-refractivity contribution is 0.288. The third-order valence-electron chi connectivity index (χ3n) is 4.74. The molecule has 3 aromatic rings. The first-order valence-electron chi connectivity index (χ1n) is 7.40. The van der Waals surface area contributed by atoms with Gasteiger partial charge in [-0.25, -0.2) is 0 Å². The second kappa shape index (κ2) is 4.40. The minimum Gasteiger partial charge on any atom is -0.493 e. The summed E-state index contributed by atoms with van der Waals surface area (Å²) in [4.78, 5) is 0. The second-order valence-corrected chi connectivity index (χ2v) is 5.88. The molecule has 2 aliphatic rings. The Balaban J connectivity index is 1.32. The van der Waals surface area contributed by atoms with E-state index in [9.17, 15) is 0 Å². The van der Waals surface area contributed by atoms with Crippen molar-refractivity contribution in [2.45, 2.75) is 12.3 Å². The van der Waals surface area contributed by atoms with Crippen molar-refractivity contribution in [1.29, 1.82) is 0 Å². The summed E-state index contributed by atoms with van der Waals surface area (Å²) in [6, 6.07) is 9.96. The lowest BCUT2D eigenvalue weighted by Gasteiger charge is -2.07.